The zero-order valence-electron chi connectivity index (χ0n) is 9.03. The highest BCUT2D eigenvalue weighted by atomic mass is 16.8. The number of rotatable bonds is 2. The minimum Gasteiger partial charge on any atom is -0.346 e. The highest BCUT2D eigenvalue weighted by Gasteiger charge is 2.52. The Labute approximate surface area is 85.0 Å². The van der Waals surface area contributed by atoms with Gasteiger partial charge in [0.05, 0.1) is 6.10 Å². The van der Waals surface area contributed by atoms with Crippen LogP contribution in [0.15, 0.2) is 12.7 Å². The average Bonchev–Trinajstić information content (AvgIpc) is 2.50. The van der Waals surface area contributed by atoms with Crippen LogP contribution in [-0.4, -0.2) is 24.3 Å². The Kier molecular flexibility index (Phi) is 2.41. The molecule has 2 saturated heterocycles. The van der Waals surface area contributed by atoms with Crippen LogP contribution in [0.1, 0.15) is 27.2 Å². The summed E-state index contributed by atoms with van der Waals surface area (Å²) in [4.78, 5) is 0. The molecule has 0 aliphatic carbocycles. The molecule has 2 aliphatic heterocycles. The first-order valence-corrected chi connectivity index (χ1v) is 5.15. The zero-order valence-corrected chi connectivity index (χ0v) is 9.03. The van der Waals surface area contributed by atoms with Crippen molar-refractivity contribution in [2.45, 2.75) is 51.5 Å². The maximum atomic E-state index is 5.78. The number of fused-ring (bicyclic) bond motifs is 1. The van der Waals surface area contributed by atoms with Gasteiger partial charge in [-0.2, -0.15) is 0 Å². The summed E-state index contributed by atoms with van der Waals surface area (Å²) in [5, 5.41) is 0. The Bertz CT molecular complexity index is 237. The molecule has 4 atom stereocenters. The minimum absolute atomic E-state index is 0.0787. The van der Waals surface area contributed by atoms with Gasteiger partial charge in [-0.05, 0) is 20.3 Å². The van der Waals surface area contributed by atoms with E-state index in [0.29, 0.717) is 5.92 Å². The van der Waals surface area contributed by atoms with Crippen molar-refractivity contribution < 1.29 is 14.2 Å². The van der Waals surface area contributed by atoms with Gasteiger partial charge in [-0.15, -0.1) is 6.58 Å². The lowest BCUT2D eigenvalue weighted by atomic mass is 9.99. The molecule has 0 aromatic carbocycles. The first-order chi connectivity index (χ1) is 6.53. The number of hydrogen-bond donors (Lipinski definition) is 0. The van der Waals surface area contributed by atoms with E-state index in [0.717, 1.165) is 6.42 Å². The van der Waals surface area contributed by atoms with Gasteiger partial charge in [0.25, 0.3) is 0 Å². The number of hydrogen-bond acceptors (Lipinski definition) is 3. The van der Waals surface area contributed by atoms with E-state index in [9.17, 15) is 0 Å². The van der Waals surface area contributed by atoms with Gasteiger partial charge >= 0.3 is 0 Å². The molecule has 0 bridgehead atoms. The van der Waals surface area contributed by atoms with Crippen LogP contribution in [0.5, 0.6) is 0 Å². The molecule has 0 radical (unpaired) electrons. The quantitative estimate of drug-likeness (QED) is 0.636. The van der Waals surface area contributed by atoms with Gasteiger partial charge in [-0.25, -0.2) is 0 Å². The van der Waals surface area contributed by atoms with Crippen molar-refractivity contribution in [1.82, 2.24) is 0 Å². The van der Waals surface area contributed by atoms with Crippen LogP contribution in [0.25, 0.3) is 0 Å². The summed E-state index contributed by atoms with van der Waals surface area (Å²) in [6.07, 6.45) is 2.83. The SMILES string of the molecule is C=CC[C@H]1O[C@@H]2OC(C)(C)O[C@@H]2[C@H]1C. The highest BCUT2D eigenvalue weighted by Crippen LogP contribution is 2.41. The Hall–Kier alpha value is -0.380. The fourth-order valence-electron chi connectivity index (χ4n) is 2.16. The van der Waals surface area contributed by atoms with Gasteiger partial charge in [-0.1, -0.05) is 13.0 Å². The fourth-order valence-corrected chi connectivity index (χ4v) is 2.16. The van der Waals surface area contributed by atoms with Crippen LogP contribution in [0, 0.1) is 5.92 Å². The van der Waals surface area contributed by atoms with Gasteiger partial charge < -0.3 is 14.2 Å². The summed E-state index contributed by atoms with van der Waals surface area (Å²) in [5.41, 5.74) is 0. The van der Waals surface area contributed by atoms with Crippen LogP contribution < -0.4 is 0 Å². The van der Waals surface area contributed by atoms with E-state index in [1.807, 2.05) is 19.9 Å². The second-order valence-electron chi connectivity index (χ2n) is 4.53. The minimum atomic E-state index is -0.497. The molecule has 2 heterocycles. The molecule has 0 aromatic heterocycles. The van der Waals surface area contributed by atoms with Crippen molar-refractivity contribution in [3.8, 4) is 0 Å². The Morgan fingerprint density at radius 3 is 2.64 bits per heavy atom. The lowest BCUT2D eigenvalue weighted by molar-refractivity contribution is -0.208. The Morgan fingerprint density at radius 2 is 2.07 bits per heavy atom. The van der Waals surface area contributed by atoms with Crippen molar-refractivity contribution >= 4 is 0 Å². The largest absolute Gasteiger partial charge is 0.346 e. The standard InChI is InChI=1S/C11H18O3/c1-5-6-8-7(2)9-10(12-8)14-11(3,4)13-9/h5,7-10H,1,6H2,2-4H3/t7-,8+,9+,10+/m0/s1. The van der Waals surface area contributed by atoms with Crippen LogP contribution in [0.4, 0.5) is 0 Å². The maximum Gasteiger partial charge on any atom is 0.187 e. The van der Waals surface area contributed by atoms with Gasteiger partial charge in [0.1, 0.15) is 6.10 Å². The molecule has 2 fully saturated rings. The fraction of sp³-hybridized carbons (Fsp3) is 0.818. The second kappa shape index (κ2) is 3.33. The third-order valence-corrected chi connectivity index (χ3v) is 2.90. The number of ether oxygens (including phenoxy) is 3. The topological polar surface area (TPSA) is 27.7 Å². The molecule has 14 heavy (non-hydrogen) atoms. The summed E-state index contributed by atoms with van der Waals surface area (Å²) < 4.78 is 17.2. The van der Waals surface area contributed by atoms with Crippen LogP contribution in [-0.2, 0) is 14.2 Å². The van der Waals surface area contributed by atoms with Gasteiger partial charge in [0.15, 0.2) is 12.1 Å². The first kappa shape index (κ1) is 10.1. The van der Waals surface area contributed by atoms with Crippen LogP contribution in [0.3, 0.4) is 0 Å². The average molecular weight is 198 g/mol. The van der Waals surface area contributed by atoms with Crippen LogP contribution in [0.2, 0.25) is 0 Å². The van der Waals surface area contributed by atoms with E-state index in [1.165, 1.54) is 0 Å². The molecule has 0 amide bonds. The molecule has 0 aromatic rings. The van der Waals surface area contributed by atoms with E-state index in [-0.39, 0.29) is 18.5 Å². The molecule has 0 spiro atoms. The normalized spacial score (nSPS) is 45.1. The third-order valence-electron chi connectivity index (χ3n) is 2.90. The second-order valence-corrected chi connectivity index (χ2v) is 4.53. The van der Waals surface area contributed by atoms with E-state index >= 15 is 0 Å². The predicted octanol–water partition coefficient (Wildman–Crippen LogP) is 2.08. The van der Waals surface area contributed by atoms with E-state index < -0.39 is 5.79 Å². The molecule has 3 heteroatoms. The molecule has 0 unspecified atom stereocenters. The van der Waals surface area contributed by atoms with E-state index in [1.54, 1.807) is 0 Å². The summed E-state index contributed by atoms with van der Waals surface area (Å²) in [7, 11) is 0. The molecular weight excluding hydrogens is 180 g/mol. The monoisotopic (exact) mass is 198 g/mol. The maximum absolute atomic E-state index is 5.78. The smallest absolute Gasteiger partial charge is 0.187 e. The van der Waals surface area contributed by atoms with E-state index in [2.05, 4.69) is 13.5 Å². The first-order valence-electron chi connectivity index (χ1n) is 5.15. The molecule has 80 valence electrons. The summed E-state index contributed by atoms with van der Waals surface area (Å²) in [5.74, 6) is -0.122. The third kappa shape index (κ3) is 1.60. The van der Waals surface area contributed by atoms with Crippen molar-refractivity contribution in [3.05, 3.63) is 12.7 Å². The Morgan fingerprint density at radius 1 is 1.36 bits per heavy atom. The van der Waals surface area contributed by atoms with Crippen molar-refractivity contribution in [2.24, 2.45) is 5.92 Å². The molecule has 2 aliphatic rings. The van der Waals surface area contributed by atoms with Crippen molar-refractivity contribution in [3.63, 3.8) is 0 Å². The predicted molar refractivity (Wildman–Crippen MR) is 52.7 cm³/mol. The summed E-state index contributed by atoms with van der Waals surface area (Å²) in [6, 6.07) is 0. The summed E-state index contributed by atoms with van der Waals surface area (Å²) >= 11 is 0. The molecule has 3 nitrogen and oxygen atoms in total. The molecule has 0 saturated carbocycles. The van der Waals surface area contributed by atoms with Gasteiger partial charge in [0.2, 0.25) is 0 Å². The van der Waals surface area contributed by atoms with E-state index in [4.69, 9.17) is 14.2 Å². The molecule has 0 N–H and O–H groups in total. The van der Waals surface area contributed by atoms with Gasteiger partial charge in [-0.3, -0.25) is 0 Å². The van der Waals surface area contributed by atoms with Gasteiger partial charge in [0, 0.05) is 5.92 Å². The summed E-state index contributed by atoms with van der Waals surface area (Å²) in [6.45, 7) is 9.70. The zero-order chi connectivity index (χ0) is 10.3. The Balaban J connectivity index is 2.04. The lowest BCUT2D eigenvalue weighted by Gasteiger charge is -2.22. The molecule has 2 rings (SSSR count). The highest BCUT2D eigenvalue weighted by molar-refractivity contribution is 4.92. The van der Waals surface area contributed by atoms with Crippen molar-refractivity contribution in [1.29, 1.82) is 0 Å². The van der Waals surface area contributed by atoms with Crippen LogP contribution >= 0.6 is 0 Å². The molecular formula is C11H18O3. The van der Waals surface area contributed by atoms with Crippen molar-refractivity contribution in [2.75, 3.05) is 0 Å². The lowest BCUT2D eigenvalue weighted by Crippen LogP contribution is -2.28.